The van der Waals surface area contributed by atoms with Crippen LogP contribution in [0.25, 0.3) is 6.08 Å². The third kappa shape index (κ3) is 3.79. The second-order valence-corrected chi connectivity index (χ2v) is 8.76. The van der Waals surface area contributed by atoms with E-state index in [9.17, 15) is 13.2 Å². The highest BCUT2D eigenvalue weighted by atomic mass is 35.5. The van der Waals surface area contributed by atoms with Crippen LogP contribution in [0.2, 0.25) is 5.02 Å². The van der Waals surface area contributed by atoms with Crippen LogP contribution in [0.4, 0.5) is 11.4 Å². The number of nitrogens with one attached hydrogen (secondary N) is 1. The Morgan fingerprint density at radius 1 is 1.14 bits per heavy atom. The number of benzene rings is 2. The molecule has 0 unspecified atom stereocenters. The predicted molar refractivity (Wildman–Crippen MR) is 107 cm³/mol. The van der Waals surface area contributed by atoms with Crippen molar-refractivity contribution in [3.63, 3.8) is 0 Å². The van der Waals surface area contributed by atoms with Gasteiger partial charge in [-0.25, -0.2) is 8.42 Å². The highest BCUT2D eigenvalue weighted by molar-refractivity contribution is 7.93. The molecule has 2 heterocycles. The van der Waals surface area contributed by atoms with Crippen LogP contribution in [-0.4, -0.2) is 33.4 Å². The van der Waals surface area contributed by atoms with Gasteiger partial charge in [0.25, 0.3) is 0 Å². The van der Waals surface area contributed by atoms with Crippen LogP contribution in [0.3, 0.4) is 0 Å². The van der Waals surface area contributed by atoms with Gasteiger partial charge >= 0.3 is 0 Å². The van der Waals surface area contributed by atoms with Crippen LogP contribution in [0.15, 0.2) is 42.5 Å². The topological polar surface area (TPSA) is 84.9 Å². The van der Waals surface area contributed by atoms with E-state index in [2.05, 4.69) is 5.32 Å². The molecule has 2 aromatic carbocycles. The molecule has 2 aliphatic rings. The summed E-state index contributed by atoms with van der Waals surface area (Å²) in [4.78, 5) is 12.2. The lowest BCUT2D eigenvalue weighted by atomic mass is 10.2. The number of nitrogens with zero attached hydrogens (tertiary/aromatic N) is 1. The molecule has 9 heteroatoms. The van der Waals surface area contributed by atoms with Gasteiger partial charge in [0.05, 0.1) is 16.5 Å². The molecule has 0 saturated carbocycles. The molecule has 0 bridgehead atoms. The summed E-state index contributed by atoms with van der Waals surface area (Å²) >= 11 is 6.17. The molecule has 2 aliphatic heterocycles. The molecule has 1 fully saturated rings. The molecule has 146 valence electrons. The third-order valence-electron chi connectivity index (χ3n) is 4.41. The number of sulfonamides is 1. The zero-order chi connectivity index (χ0) is 19.7. The van der Waals surface area contributed by atoms with Crippen molar-refractivity contribution in [2.24, 2.45) is 0 Å². The Balaban J connectivity index is 1.48. The number of hydrogen-bond acceptors (Lipinski definition) is 5. The van der Waals surface area contributed by atoms with Crippen molar-refractivity contribution in [2.75, 3.05) is 28.7 Å². The maximum absolute atomic E-state index is 12.2. The zero-order valence-electron chi connectivity index (χ0n) is 14.7. The van der Waals surface area contributed by atoms with Gasteiger partial charge in [-0.05, 0) is 48.4 Å². The Hall–Kier alpha value is -2.71. The van der Waals surface area contributed by atoms with Gasteiger partial charge in [-0.2, -0.15) is 0 Å². The van der Waals surface area contributed by atoms with E-state index in [-0.39, 0.29) is 18.5 Å². The van der Waals surface area contributed by atoms with E-state index in [4.69, 9.17) is 21.1 Å². The number of carbonyl (C=O) groups excluding carboxylic acids is 1. The smallest absolute Gasteiger partial charge is 0.248 e. The first-order valence-corrected chi connectivity index (χ1v) is 10.6. The Labute approximate surface area is 167 Å². The van der Waals surface area contributed by atoms with E-state index >= 15 is 0 Å². The number of rotatable bonds is 4. The molecule has 0 radical (unpaired) electrons. The molecule has 1 saturated heterocycles. The predicted octanol–water partition coefficient (Wildman–Crippen LogP) is 3.26. The Kier molecular flexibility index (Phi) is 4.91. The van der Waals surface area contributed by atoms with Gasteiger partial charge < -0.3 is 14.8 Å². The normalized spacial score (nSPS) is 17.2. The van der Waals surface area contributed by atoms with Crippen LogP contribution in [-0.2, 0) is 14.8 Å². The van der Waals surface area contributed by atoms with Crippen molar-refractivity contribution < 1.29 is 22.7 Å². The fraction of sp³-hybridized carbons (Fsp3) is 0.211. The molecule has 7 nitrogen and oxygen atoms in total. The molecule has 2 aromatic rings. The van der Waals surface area contributed by atoms with E-state index < -0.39 is 10.0 Å². The summed E-state index contributed by atoms with van der Waals surface area (Å²) in [5, 5.41) is 3.04. The monoisotopic (exact) mass is 420 g/mol. The maximum Gasteiger partial charge on any atom is 0.248 e. The maximum atomic E-state index is 12.2. The first kappa shape index (κ1) is 18.6. The molecule has 28 heavy (non-hydrogen) atoms. The van der Waals surface area contributed by atoms with Gasteiger partial charge in [-0.15, -0.1) is 0 Å². The SMILES string of the molecule is O=C(C=Cc1ccc2c(c1)OCO2)Nc1ccc(Cl)c(N2CCCS2(=O)=O)c1. The number of amides is 1. The van der Waals surface area contributed by atoms with Crippen LogP contribution in [0, 0.1) is 0 Å². The fourth-order valence-corrected chi connectivity index (χ4v) is 4.91. The minimum Gasteiger partial charge on any atom is -0.454 e. The van der Waals surface area contributed by atoms with Crippen LogP contribution in [0.5, 0.6) is 11.5 Å². The van der Waals surface area contributed by atoms with Crippen molar-refractivity contribution >= 4 is 45.0 Å². The minimum atomic E-state index is -3.36. The molecule has 0 atom stereocenters. The quantitative estimate of drug-likeness (QED) is 0.767. The molecular formula is C19H17ClN2O5S. The van der Waals surface area contributed by atoms with E-state index in [0.29, 0.717) is 40.9 Å². The van der Waals surface area contributed by atoms with Crippen LogP contribution in [0.1, 0.15) is 12.0 Å². The zero-order valence-corrected chi connectivity index (χ0v) is 16.3. The van der Waals surface area contributed by atoms with Gasteiger partial charge in [-0.3, -0.25) is 9.10 Å². The highest BCUT2D eigenvalue weighted by Gasteiger charge is 2.30. The molecular weight excluding hydrogens is 404 g/mol. The van der Waals surface area contributed by atoms with E-state index in [1.54, 1.807) is 36.4 Å². The van der Waals surface area contributed by atoms with Gasteiger partial charge in [0, 0.05) is 18.3 Å². The molecule has 1 N–H and O–H groups in total. The molecule has 4 rings (SSSR count). The molecule has 0 aromatic heterocycles. The number of carbonyl (C=O) groups is 1. The van der Waals surface area contributed by atoms with Crippen molar-refractivity contribution in [3.05, 3.63) is 53.1 Å². The van der Waals surface area contributed by atoms with Crippen molar-refractivity contribution in [3.8, 4) is 11.5 Å². The summed E-state index contributed by atoms with van der Waals surface area (Å²) in [5.74, 6) is 1.05. The van der Waals surface area contributed by atoms with Crippen LogP contribution < -0.4 is 19.1 Å². The Morgan fingerprint density at radius 3 is 2.75 bits per heavy atom. The Morgan fingerprint density at radius 2 is 1.96 bits per heavy atom. The molecule has 0 aliphatic carbocycles. The van der Waals surface area contributed by atoms with Crippen molar-refractivity contribution in [1.82, 2.24) is 0 Å². The first-order chi connectivity index (χ1) is 13.4. The lowest BCUT2D eigenvalue weighted by molar-refractivity contribution is -0.111. The van der Waals surface area contributed by atoms with E-state index in [0.717, 1.165) is 5.56 Å². The van der Waals surface area contributed by atoms with E-state index in [1.165, 1.54) is 10.4 Å². The average Bonchev–Trinajstić information content (AvgIpc) is 3.26. The number of fused-ring (bicyclic) bond motifs is 1. The second kappa shape index (κ2) is 7.37. The van der Waals surface area contributed by atoms with Gasteiger partial charge in [-0.1, -0.05) is 17.7 Å². The van der Waals surface area contributed by atoms with Gasteiger partial charge in [0.1, 0.15) is 0 Å². The third-order valence-corrected chi connectivity index (χ3v) is 6.58. The highest BCUT2D eigenvalue weighted by Crippen LogP contribution is 2.34. The summed E-state index contributed by atoms with van der Waals surface area (Å²) in [5.41, 5.74) is 1.62. The molecule has 1 amide bonds. The largest absolute Gasteiger partial charge is 0.454 e. The lowest BCUT2D eigenvalue weighted by Crippen LogP contribution is -2.25. The first-order valence-electron chi connectivity index (χ1n) is 8.61. The summed E-state index contributed by atoms with van der Waals surface area (Å²) < 4.78 is 36.1. The average molecular weight is 421 g/mol. The summed E-state index contributed by atoms with van der Waals surface area (Å²) in [6.07, 6.45) is 3.59. The summed E-state index contributed by atoms with van der Waals surface area (Å²) in [7, 11) is -3.36. The molecule has 0 spiro atoms. The Bertz CT molecular complexity index is 1070. The summed E-state index contributed by atoms with van der Waals surface area (Å²) in [6, 6.07) is 10.1. The lowest BCUT2D eigenvalue weighted by Gasteiger charge is -2.19. The number of halogens is 1. The van der Waals surface area contributed by atoms with Crippen LogP contribution >= 0.6 is 11.6 Å². The van der Waals surface area contributed by atoms with Crippen molar-refractivity contribution in [1.29, 1.82) is 0 Å². The number of anilines is 2. The fourth-order valence-electron chi connectivity index (χ4n) is 3.06. The number of hydrogen-bond donors (Lipinski definition) is 1. The van der Waals surface area contributed by atoms with Gasteiger partial charge in [0.2, 0.25) is 22.7 Å². The van der Waals surface area contributed by atoms with Crippen molar-refractivity contribution in [2.45, 2.75) is 6.42 Å². The summed E-state index contributed by atoms with van der Waals surface area (Å²) in [6.45, 7) is 0.568. The van der Waals surface area contributed by atoms with E-state index in [1.807, 2.05) is 6.07 Å². The second-order valence-electron chi connectivity index (χ2n) is 6.34. The minimum absolute atomic E-state index is 0.0954. The van der Waals surface area contributed by atoms with Gasteiger partial charge in [0.15, 0.2) is 11.5 Å². The standard InChI is InChI=1S/C19H17ClN2O5S/c20-15-5-4-14(11-16(15)22-8-1-9-28(22,24)25)21-19(23)7-3-13-2-6-17-18(10-13)27-12-26-17/h2-7,10-11H,1,8-9,12H2,(H,21,23). The number of ether oxygens (including phenoxy) is 2.